The van der Waals surface area contributed by atoms with Gasteiger partial charge in [-0.25, -0.2) is 0 Å². The molecule has 0 amide bonds. The number of allylic oxidation sites excluding steroid dienone is 6. The predicted molar refractivity (Wildman–Crippen MR) is 80.6 cm³/mol. The molecule has 1 atom stereocenters. The van der Waals surface area contributed by atoms with Crippen molar-refractivity contribution in [3.8, 4) is 0 Å². The first-order valence-corrected chi connectivity index (χ1v) is 7.07. The fourth-order valence-electron chi connectivity index (χ4n) is 2.00. The summed E-state index contributed by atoms with van der Waals surface area (Å²) in [5, 5.41) is 0. The van der Waals surface area contributed by atoms with Crippen LogP contribution in [0.4, 0.5) is 0 Å². The lowest BCUT2D eigenvalue weighted by Crippen LogP contribution is -1.98. The molecule has 0 bridgehead atoms. The molecule has 0 radical (unpaired) electrons. The average Bonchev–Trinajstić information content (AvgIpc) is 2.36. The van der Waals surface area contributed by atoms with Crippen LogP contribution in [-0.4, -0.2) is 6.29 Å². The summed E-state index contributed by atoms with van der Waals surface area (Å²) in [5.41, 5.74) is 2.68. The second-order valence-electron chi connectivity index (χ2n) is 4.87. The van der Waals surface area contributed by atoms with E-state index in [0.29, 0.717) is 12.3 Å². The SMILES string of the molecule is C\C=C/C=C(C)\C(C)=C\C(CCC)CCCC=O. The number of hydrogen-bond acceptors (Lipinski definition) is 1. The number of unbranched alkanes of at least 4 members (excludes halogenated alkanes) is 1. The minimum Gasteiger partial charge on any atom is -0.303 e. The van der Waals surface area contributed by atoms with Gasteiger partial charge in [-0.1, -0.05) is 43.2 Å². The molecule has 0 aromatic heterocycles. The van der Waals surface area contributed by atoms with Gasteiger partial charge >= 0.3 is 0 Å². The number of carbonyl (C=O) groups excluding carboxylic acids is 1. The molecule has 0 saturated heterocycles. The lowest BCUT2D eigenvalue weighted by molar-refractivity contribution is -0.107. The molecule has 1 heteroatoms. The largest absolute Gasteiger partial charge is 0.303 e. The first-order chi connectivity index (χ1) is 8.65. The van der Waals surface area contributed by atoms with Gasteiger partial charge in [0.1, 0.15) is 6.29 Å². The molecule has 0 spiro atoms. The van der Waals surface area contributed by atoms with E-state index in [-0.39, 0.29) is 0 Å². The summed E-state index contributed by atoms with van der Waals surface area (Å²) in [6.45, 7) is 8.58. The maximum absolute atomic E-state index is 10.4. The summed E-state index contributed by atoms with van der Waals surface area (Å²) in [4.78, 5) is 10.4. The Morgan fingerprint density at radius 2 is 1.89 bits per heavy atom. The van der Waals surface area contributed by atoms with Gasteiger partial charge in [0.25, 0.3) is 0 Å². The van der Waals surface area contributed by atoms with Crippen LogP contribution in [0.3, 0.4) is 0 Å². The molecule has 0 heterocycles. The lowest BCUT2D eigenvalue weighted by Gasteiger charge is -2.13. The van der Waals surface area contributed by atoms with Crippen LogP contribution in [0.25, 0.3) is 0 Å². The van der Waals surface area contributed by atoms with Crippen molar-refractivity contribution < 1.29 is 4.79 Å². The van der Waals surface area contributed by atoms with Crippen molar-refractivity contribution in [3.63, 3.8) is 0 Å². The first kappa shape index (κ1) is 16.9. The summed E-state index contributed by atoms with van der Waals surface area (Å²) in [7, 11) is 0. The number of carbonyl (C=O) groups is 1. The first-order valence-electron chi connectivity index (χ1n) is 7.07. The summed E-state index contributed by atoms with van der Waals surface area (Å²) in [6, 6.07) is 0. The van der Waals surface area contributed by atoms with Crippen LogP contribution in [0.1, 0.15) is 59.8 Å². The fraction of sp³-hybridized carbons (Fsp3) is 0.588. The van der Waals surface area contributed by atoms with E-state index < -0.39 is 0 Å². The second-order valence-corrected chi connectivity index (χ2v) is 4.87. The van der Waals surface area contributed by atoms with E-state index in [9.17, 15) is 4.79 Å². The molecule has 0 fully saturated rings. The van der Waals surface area contributed by atoms with Crippen molar-refractivity contribution in [1.29, 1.82) is 0 Å². The molecular weight excluding hydrogens is 220 g/mol. The molecule has 0 aromatic rings. The fourth-order valence-corrected chi connectivity index (χ4v) is 2.00. The molecule has 0 N–H and O–H groups in total. The molecule has 102 valence electrons. The Bertz CT molecular complexity index is 308. The minimum absolute atomic E-state index is 0.615. The molecule has 0 aliphatic rings. The van der Waals surface area contributed by atoms with Crippen LogP contribution in [0.5, 0.6) is 0 Å². The van der Waals surface area contributed by atoms with Crippen LogP contribution in [0, 0.1) is 5.92 Å². The van der Waals surface area contributed by atoms with E-state index in [1.807, 2.05) is 13.0 Å². The second kappa shape index (κ2) is 11.0. The molecule has 1 nitrogen and oxygen atoms in total. The molecule has 0 aliphatic carbocycles. The smallest absolute Gasteiger partial charge is 0.119 e. The zero-order valence-electron chi connectivity index (χ0n) is 12.4. The maximum Gasteiger partial charge on any atom is 0.119 e. The summed E-state index contributed by atoms with van der Waals surface area (Å²) in [6.07, 6.45) is 14.9. The van der Waals surface area contributed by atoms with Crippen molar-refractivity contribution in [3.05, 3.63) is 35.5 Å². The normalized spacial score (nSPS) is 15.1. The van der Waals surface area contributed by atoms with E-state index in [1.54, 1.807) is 0 Å². The van der Waals surface area contributed by atoms with Crippen molar-refractivity contribution in [1.82, 2.24) is 0 Å². The quantitative estimate of drug-likeness (QED) is 0.310. The third-order valence-corrected chi connectivity index (χ3v) is 3.20. The van der Waals surface area contributed by atoms with Gasteiger partial charge < -0.3 is 4.79 Å². The molecule has 0 aromatic carbocycles. The third kappa shape index (κ3) is 8.05. The van der Waals surface area contributed by atoms with Crippen molar-refractivity contribution >= 4 is 6.29 Å². The monoisotopic (exact) mass is 248 g/mol. The van der Waals surface area contributed by atoms with E-state index >= 15 is 0 Å². The number of rotatable bonds is 9. The highest BCUT2D eigenvalue weighted by atomic mass is 16.1. The van der Waals surface area contributed by atoms with Crippen LogP contribution < -0.4 is 0 Å². The van der Waals surface area contributed by atoms with Gasteiger partial charge in [0, 0.05) is 6.42 Å². The number of hydrogen-bond donors (Lipinski definition) is 0. The van der Waals surface area contributed by atoms with Crippen LogP contribution in [0.15, 0.2) is 35.5 Å². The predicted octanol–water partition coefficient (Wildman–Crippen LogP) is 5.24. The molecule has 0 aliphatic heterocycles. The Kier molecular flexibility index (Phi) is 10.3. The Labute approximate surface area is 113 Å². The molecule has 0 saturated carbocycles. The Balaban J connectivity index is 4.55. The van der Waals surface area contributed by atoms with Crippen molar-refractivity contribution in [2.45, 2.75) is 59.8 Å². The molecule has 18 heavy (non-hydrogen) atoms. The van der Waals surface area contributed by atoms with Crippen molar-refractivity contribution in [2.75, 3.05) is 0 Å². The van der Waals surface area contributed by atoms with Crippen LogP contribution >= 0.6 is 0 Å². The Morgan fingerprint density at radius 1 is 1.17 bits per heavy atom. The summed E-state index contributed by atoms with van der Waals surface area (Å²) in [5.74, 6) is 0.615. The minimum atomic E-state index is 0.615. The molecular formula is C17H28O. The van der Waals surface area contributed by atoms with Gasteiger partial charge in [-0.15, -0.1) is 0 Å². The molecule has 1 unspecified atom stereocenters. The molecule has 0 rings (SSSR count). The maximum atomic E-state index is 10.4. The van der Waals surface area contributed by atoms with Crippen LogP contribution in [-0.2, 0) is 4.79 Å². The third-order valence-electron chi connectivity index (χ3n) is 3.20. The van der Waals surface area contributed by atoms with Gasteiger partial charge in [-0.3, -0.25) is 0 Å². The lowest BCUT2D eigenvalue weighted by atomic mass is 9.93. The average molecular weight is 248 g/mol. The standard InChI is InChI=1S/C17H28O/c1-5-7-11-15(3)16(4)14-17(10-6-2)12-8-9-13-18/h5,7,11,13-14,17H,6,8-10,12H2,1-4H3/b7-5-,15-11-,16-14+. The van der Waals surface area contributed by atoms with Gasteiger partial charge in [0.2, 0.25) is 0 Å². The Morgan fingerprint density at radius 3 is 2.44 bits per heavy atom. The van der Waals surface area contributed by atoms with Crippen molar-refractivity contribution in [2.24, 2.45) is 5.92 Å². The van der Waals surface area contributed by atoms with E-state index in [1.165, 1.54) is 24.0 Å². The zero-order chi connectivity index (χ0) is 13.8. The topological polar surface area (TPSA) is 17.1 Å². The van der Waals surface area contributed by atoms with E-state index in [4.69, 9.17) is 0 Å². The van der Waals surface area contributed by atoms with Gasteiger partial charge in [-0.2, -0.15) is 0 Å². The highest BCUT2D eigenvalue weighted by Gasteiger charge is 2.05. The Hall–Kier alpha value is -1.11. The zero-order valence-corrected chi connectivity index (χ0v) is 12.4. The highest BCUT2D eigenvalue weighted by molar-refractivity contribution is 5.48. The summed E-state index contributed by atoms with van der Waals surface area (Å²) < 4.78 is 0. The number of aldehydes is 1. The van der Waals surface area contributed by atoms with Gasteiger partial charge in [0.05, 0.1) is 0 Å². The highest BCUT2D eigenvalue weighted by Crippen LogP contribution is 2.20. The van der Waals surface area contributed by atoms with E-state index in [0.717, 1.165) is 19.1 Å². The van der Waals surface area contributed by atoms with Crippen LogP contribution in [0.2, 0.25) is 0 Å². The van der Waals surface area contributed by atoms with E-state index in [2.05, 4.69) is 39.0 Å². The summed E-state index contributed by atoms with van der Waals surface area (Å²) >= 11 is 0. The van der Waals surface area contributed by atoms with Gasteiger partial charge in [0.15, 0.2) is 0 Å². The van der Waals surface area contributed by atoms with Gasteiger partial charge in [-0.05, 0) is 51.5 Å².